The first-order valence-electron chi connectivity index (χ1n) is 10.9. The molecule has 0 radical (unpaired) electrons. The number of rotatable bonds is 7. The Morgan fingerprint density at radius 2 is 1.91 bits per heavy atom. The van der Waals surface area contributed by atoms with Crippen LogP contribution < -0.4 is 11.1 Å². The van der Waals surface area contributed by atoms with Gasteiger partial charge in [0.1, 0.15) is 0 Å². The van der Waals surface area contributed by atoms with Crippen molar-refractivity contribution in [3.63, 3.8) is 0 Å². The number of alkyl halides is 5. The Balaban J connectivity index is 1.47. The number of hydrogen-bond acceptors (Lipinski definition) is 4. The van der Waals surface area contributed by atoms with Crippen molar-refractivity contribution in [1.82, 2.24) is 19.9 Å². The molecule has 2 aromatic rings. The molecule has 32 heavy (non-hydrogen) atoms. The summed E-state index contributed by atoms with van der Waals surface area (Å²) in [7, 11) is 0. The Labute approximate surface area is 181 Å². The summed E-state index contributed by atoms with van der Waals surface area (Å²) in [5, 5.41) is 7.03. The Hall–Kier alpha value is -2.30. The summed E-state index contributed by atoms with van der Waals surface area (Å²) < 4.78 is 65.7. The molecule has 0 aromatic carbocycles. The van der Waals surface area contributed by atoms with Crippen molar-refractivity contribution in [3.8, 4) is 0 Å². The molecule has 176 valence electrons. The number of hydrogen-bond donors (Lipinski definition) is 2. The topological polar surface area (TPSA) is 85.3 Å². The van der Waals surface area contributed by atoms with Crippen molar-refractivity contribution in [1.29, 1.82) is 0 Å². The summed E-state index contributed by atoms with van der Waals surface area (Å²) in [5.74, 6) is -3.23. The van der Waals surface area contributed by atoms with Crippen LogP contribution in [0.15, 0.2) is 18.5 Å². The number of nitrogens with two attached hydrogens (primary N) is 1. The van der Waals surface area contributed by atoms with Crippen LogP contribution in [-0.4, -0.2) is 32.6 Å². The molecule has 2 aliphatic rings. The largest absolute Gasteiger partial charge is 0.389 e. The smallest absolute Gasteiger partial charge is 0.349 e. The minimum Gasteiger partial charge on any atom is -0.349 e. The first kappa shape index (κ1) is 22.9. The van der Waals surface area contributed by atoms with E-state index in [9.17, 15) is 26.7 Å². The van der Waals surface area contributed by atoms with E-state index < -0.39 is 42.9 Å². The number of carbonyl (C=O) groups is 1. The van der Waals surface area contributed by atoms with E-state index in [1.807, 2.05) is 0 Å². The molecule has 4 rings (SSSR count). The average molecular weight is 459 g/mol. The van der Waals surface area contributed by atoms with Gasteiger partial charge in [0.2, 0.25) is 11.8 Å². The molecule has 2 fully saturated rings. The zero-order valence-electron chi connectivity index (χ0n) is 17.4. The van der Waals surface area contributed by atoms with Crippen molar-refractivity contribution in [2.45, 2.75) is 75.5 Å². The fraction of sp³-hybridized carbons (Fsp3) is 0.667. The summed E-state index contributed by atoms with van der Waals surface area (Å²) >= 11 is 0. The van der Waals surface area contributed by atoms with Crippen LogP contribution in [-0.2, 0) is 4.79 Å². The number of carbonyl (C=O) groups excluding carboxylic acids is 1. The third kappa shape index (κ3) is 5.54. The molecule has 0 saturated heterocycles. The van der Waals surface area contributed by atoms with Crippen LogP contribution in [0, 0.1) is 11.8 Å². The van der Waals surface area contributed by atoms with E-state index in [0.717, 1.165) is 12.8 Å². The molecule has 1 unspecified atom stereocenters. The Bertz CT molecular complexity index is 961. The number of nitrogens with zero attached hydrogens (tertiary/aromatic N) is 3. The summed E-state index contributed by atoms with van der Waals surface area (Å²) in [6.45, 7) is 0. The highest BCUT2D eigenvalue weighted by Crippen LogP contribution is 2.42. The number of amides is 1. The van der Waals surface area contributed by atoms with Gasteiger partial charge in [-0.15, -0.1) is 0 Å². The number of aromatic nitrogens is 3. The maximum atomic E-state index is 13.4. The first-order valence-corrected chi connectivity index (χ1v) is 10.9. The summed E-state index contributed by atoms with van der Waals surface area (Å²) in [4.78, 5) is 16.6. The van der Waals surface area contributed by atoms with Gasteiger partial charge in [0.05, 0.1) is 36.6 Å². The van der Waals surface area contributed by atoms with Gasteiger partial charge in [0.15, 0.2) is 5.65 Å². The highest BCUT2D eigenvalue weighted by Gasteiger charge is 2.38. The van der Waals surface area contributed by atoms with E-state index in [2.05, 4.69) is 15.4 Å². The summed E-state index contributed by atoms with van der Waals surface area (Å²) in [6, 6.07) is 0.825. The molecular weight excluding hydrogens is 433 g/mol. The van der Waals surface area contributed by atoms with E-state index in [1.165, 1.54) is 4.52 Å². The fourth-order valence-corrected chi connectivity index (χ4v) is 4.31. The van der Waals surface area contributed by atoms with Gasteiger partial charge in [0.25, 0.3) is 0 Å². The second-order valence-electron chi connectivity index (χ2n) is 8.97. The highest BCUT2D eigenvalue weighted by atomic mass is 19.4. The Kier molecular flexibility index (Phi) is 6.12. The van der Waals surface area contributed by atoms with Crippen molar-refractivity contribution >= 4 is 11.6 Å². The Morgan fingerprint density at radius 1 is 1.22 bits per heavy atom. The molecule has 6 nitrogen and oxygen atoms in total. The number of fused-ring (bicyclic) bond motifs is 1. The van der Waals surface area contributed by atoms with E-state index in [1.54, 1.807) is 18.5 Å². The average Bonchev–Trinajstić information content (AvgIpc) is 3.47. The van der Waals surface area contributed by atoms with Gasteiger partial charge in [0, 0.05) is 19.3 Å². The van der Waals surface area contributed by atoms with Gasteiger partial charge in [-0.1, -0.05) is 0 Å². The second-order valence-corrected chi connectivity index (χ2v) is 8.97. The normalized spacial score (nSPS) is 21.4. The lowest BCUT2D eigenvalue weighted by atomic mass is 9.81. The first-order chi connectivity index (χ1) is 15.0. The van der Waals surface area contributed by atoms with E-state index in [0.29, 0.717) is 29.7 Å². The third-order valence-electron chi connectivity index (χ3n) is 6.38. The van der Waals surface area contributed by atoms with Crippen LogP contribution in [0.5, 0.6) is 0 Å². The summed E-state index contributed by atoms with van der Waals surface area (Å²) in [5.41, 5.74) is 8.03. The van der Waals surface area contributed by atoms with Crippen LogP contribution in [0.2, 0.25) is 0 Å². The summed E-state index contributed by atoms with van der Waals surface area (Å²) in [6.07, 6.45) is -0.903. The van der Waals surface area contributed by atoms with Gasteiger partial charge < -0.3 is 11.1 Å². The molecule has 2 aromatic heterocycles. The lowest BCUT2D eigenvalue weighted by Gasteiger charge is -2.31. The molecule has 0 aliphatic heterocycles. The minimum atomic E-state index is -4.38. The molecule has 2 saturated carbocycles. The lowest BCUT2D eigenvalue weighted by molar-refractivity contribution is -0.144. The van der Waals surface area contributed by atoms with Crippen LogP contribution in [0.25, 0.3) is 5.65 Å². The van der Waals surface area contributed by atoms with E-state index in [4.69, 9.17) is 5.73 Å². The standard InChI is InChI=1S/C21H26F5N5O/c22-20(23)6-3-12(4-7-20)18(27)15-11-31-16(29-15)9-14(10-28-31)19(13-1-2-13)30-17(32)5-8-21(24,25)26/h9-13,18-19H,1-8,27H2,(H,30,32)/t18-,19?/m0/s1. The SMILES string of the molecule is N[C@H](c1cn2ncc(C(NC(=O)CCC(F)(F)F)C3CC3)cc2n1)C1CCC(F)(F)CC1. The maximum absolute atomic E-state index is 13.4. The number of imidazole rings is 1. The molecule has 2 atom stereocenters. The van der Waals surface area contributed by atoms with Crippen LogP contribution in [0.1, 0.15) is 74.7 Å². The van der Waals surface area contributed by atoms with Gasteiger partial charge in [-0.3, -0.25) is 4.79 Å². The van der Waals surface area contributed by atoms with Crippen molar-refractivity contribution in [2.75, 3.05) is 0 Å². The highest BCUT2D eigenvalue weighted by molar-refractivity contribution is 5.76. The predicted molar refractivity (Wildman–Crippen MR) is 106 cm³/mol. The zero-order valence-corrected chi connectivity index (χ0v) is 17.4. The zero-order chi connectivity index (χ0) is 23.1. The van der Waals surface area contributed by atoms with Gasteiger partial charge in [-0.05, 0) is 49.1 Å². The maximum Gasteiger partial charge on any atom is 0.389 e. The van der Waals surface area contributed by atoms with E-state index >= 15 is 0 Å². The number of halogens is 5. The lowest BCUT2D eigenvalue weighted by Crippen LogP contribution is -2.31. The molecule has 3 N–H and O–H groups in total. The van der Waals surface area contributed by atoms with Crippen LogP contribution in [0.3, 0.4) is 0 Å². The van der Waals surface area contributed by atoms with Crippen molar-refractivity contribution < 1.29 is 26.7 Å². The van der Waals surface area contributed by atoms with Gasteiger partial charge >= 0.3 is 6.18 Å². The molecule has 0 bridgehead atoms. The van der Waals surface area contributed by atoms with Crippen molar-refractivity contribution in [3.05, 3.63) is 29.7 Å². The van der Waals surface area contributed by atoms with Gasteiger partial charge in [-0.2, -0.15) is 18.3 Å². The van der Waals surface area contributed by atoms with Gasteiger partial charge in [-0.25, -0.2) is 18.3 Å². The molecule has 11 heteroatoms. The van der Waals surface area contributed by atoms with Crippen LogP contribution >= 0.6 is 0 Å². The molecule has 0 spiro atoms. The second kappa shape index (κ2) is 8.57. The minimum absolute atomic E-state index is 0.0915. The quantitative estimate of drug-likeness (QED) is 0.599. The number of nitrogens with one attached hydrogen (secondary N) is 1. The van der Waals surface area contributed by atoms with Crippen molar-refractivity contribution in [2.24, 2.45) is 17.6 Å². The molecule has 2 heterocycles. The molecular formula is C21H26F5N5O. The molecule has 2 aliphatic carbocycles. The Morgan fingerprint density at radius 3 is 2.53 bits per heavy atom. The molecule has 1 amide bonds. The predicted octanol–water partition coefficient (Wildman–Crippen LogP) is 4.46. The fourth-order valence-electron chi connectivity index (χ4n) is 4.31. The van der Waals surface area contributed by atoms with E-state index in [-0.39, 0.29) is 24.7 Å². The van der Waals surface area contributed by atoms with Crippen LogP contribution in [0.4, 0.5) is 22.0 Å². The monoisotopic (exact) mass is 459 g/mol. The third-order valence-corrected chi connectivity index (χ3v) is 6.38.